The highest BCUT2D eigenvalue weighted by atomic mass is 32.1. The van der Waals surface area contributed by atoms with Crippen LogP contribution in [0.2, 0.25) is 0 Å². The van der Waals surface area contributed by atoms with Crippen LogP contribution in [-0.2, 0) is 16.0 Å². The Kier molecular flexibility index (Phi) is 6.71. The lowest BCUT2D eigenvalue weighted by molar-refractivity contribution is -0.134. The average Bonchev–Trinajstić information content (AvgIpc) is 3.47. The number of nitrogens with one attached hydrogen (secondary N) is 1. The normalized spacial score (nSPS) is 16.3. The molecule has 0 aromatic carbocycles. The number of hydrogen-bond donors (Lipinski definition) is 1. The van der Waals surface area contributed by atoms with Gasteiger partial charge in [0.1, 0.15) is 5.82 Å². The third kappa shape index (κ3) is 5.55. The summed E-state index contributed by atoms with van der Waals surface area (Å²) in [5.74, 6) is 1.43. The number of rotatable bonds is 7. The number of anilines is 1. The van der Waals surface area contributed by atoms with Gasteiger partial charge in [-0.25, -0.2) is 4.98 Å². The van der Waals surface area contributed by atoms with Crippen LogP contribution in [0.25, 0.3) is 10.7 Å². The smallest absolute Gasteiger partial charge is 0.230 e. The monoisotopic (exact) mass is 439 g/mol. The molecule has 3 aromatic rings. The number of likely N-dealkylation sites (tertiary alicyclic amines) is 1. The van der Waals surface area contributed by atoms with Gasteiger partial charge in [-0.2, -0.15) is 4.98 Å². The first kappa shape index (κ1) is 21.2. The maximum atomic E-state index is 12.7. The van der Waals surface area contributed by atoms with E-state index in [9.17, 15) is 9.59 Å². The van der Waals surface area contributed by atoms with Crippen molar-refractivity contribution >= 4 is 29.0 Å². The molecule has 162 valence electrons. The van der Waals surface area contributed by atoms with E-state index in [4.69, 9.17) is 4.52 Å². The number of hydrogen-bond acceptors (Lipinski definition) is 7. The first-order valence-corrected chi connectivity index (χ1v) is 11.3. The maximum absolute atomic E-state index is 12.7. The van der Waals surface area contributed by atoms with E-state index in [0.29, 0.717) is 49.9 Å². The van der Waals surface area contributed by atoms with Crippen LogP contribution in [0.15, 0.2) is 40.4 Å². The second-order valence-electron chi connectivity index (χ2n) is 7.73. The van der Waals surface area contributed by atoms with Gasteiger partial charge in [-0.3, -0.25) is 9.59 Å². The van der Waals surface area contributed by atoms with Crippen molar-refractivity contribution in [1.82, 2.24) is 20.0 Å². The summed E-state index contributed by atoms with van der Waals surface area (Å²) >= 11 is 1.56. The van der Waals surface area contributed by atoms with Crippen molar-refractivity contribution in [1.29, 1.82) is 0 Å². The molecule has 1 saturated heterocycles. The SMILES string of the molecule is Cc1ccc(NC(=O)C2CCCN(C(=O)CCCc3nc(-c4cccs4)no3)C2)nc1. The molecule has 0 saturated carbocycles. The number of amides is 2. The van der Waals surface area contributed by atoms with Gasteiger partial charge in [0.25, 0.3) is 0 Å². The maximum Gasteiger partial charge on any atom is 0.230 e. The Labute approximate surface area is 184 Å². The molecule has 3 aromatic heterocycles. The van der Waals surface area contributed by atoms with E-state index < -0.39 is 0 Å². The molecule has 8 nitrogen and oxygen atoms in total. The standard InChI is InChI=1S/C22H25N5O3S/c1-15-9-10-18(23-13-15)24-22(29)16-5-3-11-27(14-16)20(28)8-2-7-19-25-21(26-30-19)17-6-4-12-31-17/h4,6,9-10,12-13,16H,2-3,5,7-8,11,14H2,1H3,(H,23,24,29). The van der Waals surface area contributed by atoms with Crippen molar-refractivity contribution < 1.29 is 14.1 Å². The Balaban J connectivity index is 1.24. The van der Waals surface area contributed by atoms with Crippen molar-refractivity contribution in [3.8, 4) is 10.7 Å². The molecule has 4 rings (SSSR count). The highest BCUT2D eigenvalue weighted by Gasteiger charge is 2.28. The Hall–Kier alpha value is -3.07. The lowest BCUT2D eigenvalue weighted by atomic mass is 9.96. The Morgan fingerprint density at radius 2 is 2.23 bits per heavy atom. The molecule has 9 heteroatoms. The molecule has 0 bridgehead atoms. The van der Waals surface area contributed by atoms with Crippen LogP contribution in [0.5, 0.6) is 0 Å². The molecule has 1 aliphatic rings. The van der Waals surface area contributed by atoms with E-state index >= 15 is 0 Å². The third-order valence-corrected chi connectivity index (χ3v) is 6.16. The van der Waals surface area contributed by atoms with Crippen LogP contribution >= 0.6 is 11.3 Å². The quantitative estimate of drug-likeness (QED) is 0.602. The number of aryl methyl sites for hydroxylation is 2. The number of nitrogens with zero attached hydrogens (tertiary/aromatic N) is 4. The van der Waals surface area contributed by atoms with Gasteiger partial charge in [-0.05, 0) is 49.3 Å². The molecule has 0 spiro atoms. The van der Waals surface area contributed by atoms with Crippen LogP contribution in [0, 0.1) is 12.8 Å². The Morgan fingerprint density at radius 3 is 3.00 bits per heavy atom. The highest BCUT2D eigenvalue weighted by molar-refractivity contribution is 7.13. The molecule has 1 unspecified atom stereocenters. The fourth-order valence-electron chi connectivity index (χ4n) is 3.60. The lowest BCUT2D eigenvalue weighted by Crippen LogP contribution is -2.43. The number of carbonyl (C=O) groups is 2. The van der Waals surface area contributed by atoms with Crippen molar-refractivity contribution in [2.24, 2.45) is 5.92 Å². The van der Waals surface area contributed by atoms with Gasteiger partial charge in [-0.1, -0.05) is 17.3 Å². The largest absolute Gasteiger partial charge is 0.342 e. The van der Waals surface area contributed by atoms with Crippen LogP contribution in [-0.4, -0.2) is 44.9 Å². The number of aromatic nitrogens is 3. The lowest BCUT2D eigenvalue weighted by Gasteiger charge is -2.32. The summed E-state index contributed by atoms with van der Waals surface area (Å²) in [4.78, 5) is 36.6. The summed E-state index contributed by atoms with van der Waals surface area (Å²) in [7, 11) is 0. The molecule has 1 aliphatic heterocycles. The number of piperidine rings is 1. The topological polar surface area (TPSA) is 101 Å². The van der Waals surface area contributed by atoms with E-state index in [-0.39, 0.29) is 17.7 Å². The second kappa shape index (κ2) is 9.82. The van der Waals surface area contributed by atoms with Crippen LogP contribution in [0.3, 0.4) is 0 Å². The molecule has 1 atom stereocenters. The fourth-order valence-corrected chi connectivity index (χ4v) is 4.25. The zero-order chi connectivity index (χ0) is 21.6. The van der Waals surface area contributed by atoms with Gasteiger partial charge in [0.15, 0.2) is 0 Å². The summed E-state index contributed by atoms with van der Waals surface area (Å²) in [6.45, 7) is 3.08. The first-order valence-electron chi connectivity index (χ1n) is 10.5. The van der Waals surface area contributed by atoms with Gasteiger partial charge >= 0.3 is 0 Å². The van der Waals surface area contributed by atoms with Crippen molar-refractivity contribution in [3.63, 3.8) is 0 Å². The number of thiophene rings is 1. The molecular formula is C22H25N5O3S. The highest BCUT2D eigenvalue weighted by Crippen LogP contribution is 2.22. The fraction of sp³-hybridized carbons (Fsp3) is 0.409. The zero-order valence-corrected chi connectivity index (χ0v) is 18.2. The van der Waals surface area contributed by atoms with Crippen molar-refractivity contribution in [3.05, 3.63) is 47.3 Å². The van der Waals surface area contributed by atoms with E-state index in [2.05, 4.69) is 20.4 Å². The van der Waals surface area contributed by atoms with E-state index in [0.717, 1.165) is 23.3 Å². The van der Waals surface area contributed by atoms with Crippen molar-refractivity contribution in [2.45, 2.75) is 39.0 Å². The van der Waals surface area contributed by atoms with Gasteiger partial charge in [0.05, 0.1) is 10.8 Å². The van der Waals surface area contributed by atoms with Crippen LogP contribution < -0.4 is 5.32 Å². The predicted molar refractivity (Wildman–Crippen MR) is 117 cm³/mol. The summed E-state index contributed by atoms with van der Waals surface area (Å²) in [5, 5.41) is 8.82. The minimum Gasteiger partial charge on any atom is -0.342 e. The zero-order valence-electron chi connectivity index (χ0n) is 17.4. The second-order valence-corrected chi connectivity index (χ2v) is 8.68. The molecule has 31 heavy (non-hydrogen) atoms. The van der Waals surface area contributed by atoms with Crippen LogP contribution in [0.4, 0.5) is 5.82 Å². The van der Waals surface area contributed by atoms with E-state index in [1.165, 1.54) is 0 Å². The minimum atomic E-state index is -0.218. The Morgan fingerprint density at radius 1 is 1.32 bits per heavy atom. The molecular weight excluding hydrogens is 414 g/mol. The summed E-state index contributed by atoms with van der Waals surface area (Å²) in [6, 6.07) is 7.59. The molecule has 0 radical (unpaired) electrons. The molecule has 0 aliphatic carbocycles. The van der Waals surface area contributed by atoms with Gasteiger partial charge in [0.2, 0.25) is 23.5 Å². The van der Waals surface area contributed by atoms with Gasteiger partial charge in [-0.15, -0.1) is 11.3 Å². The van der Waals surface area contributed by atoms with Crippen molar-refractivity contribution in [2.75, 3.05) is 18.4 Å². The van der Waals surface area contributed by atoms with Gasteiger partial charge < -0.3 is 14.7 Å². The minimum absolute atomic E-state index is 0.0592. The first-order chi connectivity index (χ1) is 15.1. The van der Waals surface area contributed by atoms with E-state index in [1.807, 2.05) is 30.5 Å². The number of pyridine rings is 1. The predicted octanol–water partition coefficient (Wildman–Crippen LogP) is 3.70. The summed E-state index contributed by atoms with van der Waals surface area (Å²) in [6.07, 6.45) is 4.89. The molecule has 1 N–H and O–H groups in total. The summed E-state index contributed by atoms with van der Waals surface area (Å²) < 4.78 is 5.29. The Bertz CT molecular complexity index is 1020. The average molecular weight is 440 g/mol. The van der Waals surface area contributed by atoms with E-state index in [1.54, 1.807) is 28.5 Å². The van der Waals surface area contributed by atoms with Gasteiger partial charge in [0, 0.05) is 32.1 Å². The number of carbonyl (C=O) groups excluding carboxylic acids is 2. The molecule has 1 fully saturated rings. The molecule has 2 amide bonds. The summed E-state index contributed by atoms with van der Waals surface area (Å²) in [5.41, 5.74) is 1.04. The molecule has 4 heterocycles. The third-order valence-electron chi connectivity index (χ3n) is 5.30. The van der Waals surface area contributed by atoms with Crippen LogP contribution in [0.1, 0.15) is 37.1 Å².